The Hall–Kier alpha value is -3.74. The molecule has 0 aliphatic rings. The number of H-pyrrole nitrogens is 1. The molecule has 1 amide bonds. The maximum Gasteiger partial charge on any atom is 0.254 e. The predicted molar refractivity (Wildman–Crippen MR) is 109 cm³/mol. The number of aryl methyl sites for hydroxylation is 1. The first-order valence-electron chi connectivity index (χ1n) is 9.04. The summed E-state index contributed by atoms with van der Waals surface area (Å²) in [6.07, 6.45) is 7.15. The van der Waals surface area contributed by atoms with Gasteiger partial charge in [-0.15, -0.1) is 0 Å². The lowest BCUT2D eigenvalue weighted by Gasteiger charge is -2.07. The molecule has 4 rings (SSSR count). The summed E-state index contributed by atoms with van der Waals surface area (Å²) >= 11 is 0. The molecule has 0 aliphatic carbocycles. The van der Waals surface area contributed by atoms with E-state index < -0.39 is 0 Å². The molecule has 0 fully saturated rings. The van der Waals surface area contributed by atoms with Crippen molar-refractivity contribution in [2.75, 3.05) is 11.9 Å². The van der Waals surface area contributed by atoms with E-state index in [1.165, 1.54) is 23.3 Å². The van der Waals surface area contributed by atoms with Crippen LogP contribution >= 0.6 is 0 Å². The summed E-state index contributed by atoms with van der Waals surface area (Å²) in [5.74, 6) is 0.226. The number of para-hydroxylation sites is 1. The Morgan fingerprint density at radius 2 is 1.89 bits per heavy atom. The van der Waals surface area contributed by atoms with Gasteiger partial charge >= 0.3 is 0 Å². The summed E-state index contributed by atoms with van der Waals surface area (Å²) in [6, 6.07) is 11.9. The van der Waals surface area contributed by atoms with Gasteiger partial charge in [-0.25, -0.2) is 9.97 Å². The largest absolute Gasteiger partial charge is 0.358 e. The molecular formula is C21H20N6O. The van der Waals surface area contributed by atoms with Crippen LogP contribution in [0.2, 0.25) is 0 Å². The van der Waals surface area contributed by atoms with Crippen LogP contribution in [0.15, 0.2) is 61.2 Å². The van der Waals surface area contributed by atoms with Crippen LogP contribution in [-0.2, 0) is 6.42 Å². The second-order valence-electron chi connectivity index (χ2n) is 6.44. The molecule has 3 heterocycles. The number of nitrogens with zero attached hydrogens (tertiary/aromatic N) is 3. The summed E-state index contributed by atoms with van der Waals surface area (Å²) in [7, 11) is 0. The quantitative estimate of drug-likeness (QED) is 0.482. The highest BCUT2D eigenvalue weighted by molar-refractivity contribution is 5.93. The number of aromatic nitrogens is 4. The highest BCUT2D eigenvalue weighted by atomic mass is 16.1. The molecule has 3 aromatic heterocycles. The number of carbonyl (C=O) groups excluding carboxylic acids is 1. The number of rotatable bonds is 6. The van der Waals surface area contributed by atoms with Gasteiger partial charge in [0.05, 0.1) is 17.4 Å². The standard InChI is InChI=1S/C21H20N6O/c1-14-17(18-6-2-3-7-19(18)26-14)8-10-23-20(28)15-11-24-21(25-12-15)27-16-5-4-9-22-13-16/h2-7,9,11-13,26H,8,10H2,1H3,(H,23,28)(H,24,25,27). The topological polar surface area (TPSA) is 95.6 Å². The number of fused-ring (bicyclic) bond motifs is 1. The molecule has 1 aromatic carbocycles. The van der Waals surface area contributed by atoms with E-state index in [-0.39, 0.29) is 5.91 Å². The fourth-order valence-electron chi connectivity index (χ4n) is 3.14. The molecule has 7 nitrogen and oxygen atoms in total. The van der Waals surface area contributed by atoms with E-state index in [1.807, 2.05) is 24.3 Å². The van der Waals surface area contributed by atoms with Gasteiger partial charge in [0.25, 0.3) is 5.91 Å². The highest BCUT2D eigenvalue weighted by Gasteiger charge is 2.10. The van der Waals surface area contributed by atoms with Gasteiger partial charge in [-0.1, -0.05) is 18.2 Å². The Labute approximate surface area is 162 Å². The number of nitrogens with one attached hydrogen (secondary N) is 3. The zero-order valence-electron chi connectivity index (χ0n) is 15.4. The zero-order valence-corrected chi connectivity index (χ0v) is 15.4. The van der Waals surface area contributed by atoms with E-state index in [0.29, 0.717) is 18.1 Å². The van der Waals surface area contributed by atoms with Crippen molar-refractivity contribution in [3.8, 4) is 0 Å². The average molecular weight is 372 g/mol. The number of amides is 1. The molecule has 0 atom stereocenters. The van der Waals surface area contributed by atoms with Crippen molar-refractivity contribution < 1.29 is 4.79 Å². The molecular weight excluding hydrogens is 352 g/mol. The minimum Gasteiger partial charge on any atom is -0.358 e. The normalized spacial score (nSPS) is 10.8. The Kier molecular flexibility index (Phi) is 4.97. The fraction of sp³-hybridized carbons (Fsp3) is 0.143. The summed E-state index contributed by atoms with van der Waals surface area (Å²) in [5.41, 5.74) is 4.68. The SMILES string of the molecule is Cc1[nH]c2ccccc2c1CCNC(=O)c1cnc(Nc2cccnc2)nc1. The van der Waals surface area contributed by atoms with Crippen LogP contribution in [0.4, 0.5) is 11.6 Å². The molecule has 0 saturated heterocycles. The van der Waals surface area contributed by atoms with Gasteiger partial charge < -0.3 is 15.6 Å². The molecule has 0 spiro atoms. The number of hydrogen-bond donors (Lipinski definition) is 3. The molecule has 7 heteroatoms. The Morgan fingerprint density at radius 3 is 2.68 bits per heavy atom. The first kappa shape index (κ1) is 17.7. The zero-order chi connectivity index (χ0) is 19.3. The number of pyridine rings is 1. The van der Waals surface area contributed by atoms with Crippen LogP contribution in [0.3, 0.4) is 0 Å². The number of anilines is 2. The van der Waals surface area contributed by atoms with E-state index in [0.717, 1.165) is 23.3 Å². The molecule has 28 heavy (non-hydrogen) atoms. The smallest absolute Gasteiger partial charge is 0.254 e. The summed E-state index contributed by atoms with van der Waals surface area (Å²) in [4.78, 5) is 28.1. The molecule has 140 valence electrons. The third kappa shape index (κ3) is 3.83. The van der Waals surface area contributed by atoms with Crippen molar-refractivity contribution in [2.24, 2.45) is 0 Å². The molecule has 0 bridgehead atoms. The van der Waals surface area contributed by atoms with Crippen molar-refractivity contribution in [3.05, 3.63) is 78.0 Å². The maximum absolute atomic E-state index is 12.4. The maximum atomic E-state index is 12.4. The van der Waals surface area contributed by atoms with Gasteiger partial charge in [0.2, 0.25) is 5.95 Å². The minimum atomic E-state index is -0.189. The van der Waals surface area contributed by atoms with E-state index >= 15 is 0 Å². The first-order valence-corrected chi connectivity index (χ1v) is 9.04. The molecule has 0 unspecified atom stereocenters. The Balaban J connectivity index is 1.35. The number of benzene rings is 1. The lowest BCUT2D eigenvalue weighted by molar-refractivity contribution is 0.0953. The third-order valence-electron chi connectivity index (χ3n) is 4.52. The Morgan fingerprint density at radius 1 is 1.07 bits per heavy atom. The van der Waals surface area contributed by atoms with Crippen molar-refractivity contribution in [1.29, 1.82) is 0 Å². The molecule has 0 radical (unpaired) electrons. The van der Waals surface area contributed by atoms with Crippen LogP contribution in [0.1, 0.15) is 21.6 Å². The minimum absolute atomic E-state index is 0.189. The van der Waals surface area contributed by atoms with Crippen LogP contribution in [0.5, 0.6) is 0 Å². The average Bonchev–Trinajstić information content (AvgIpc) is 3.04. The second-order valence-corrected chi connectivity index (χ2v) is 6.44. The van der Waals surface area contributed by atoms with Crippen LogP contribution in [0, 0.1) is 6.92 Å². The van der Waals surface area contributed by atoms with Gasteiger partial charge in [0, 0.05) is 41.7 Å². The lowest BCUT2D eigenvalue weighted by atomic mass is 10.1. The van der Waals surface area contributed by atoms with E-state index in [2.05, 4.69) is 49.6 Å². The second kappa shape index (κ2) is 7.87. The summed E-state index contributed by atoms with van der Waals surface area (Å²) in [6.45, 7) is 2.59. The van der Waals surface area contributed by atoms with Crippen molar-refractivity contribution in [2.45, 2.75) is 13.3 Å². The molecule has 4 aromatic rings. The van der Waals surface area contributed by atoms with E-state index in [9.17, 15) is 4.79 Å². The van der Waals surface area contributed by atoms with Crippen molar-refractivity contribution >= 4 is 28.4 Å². The first-order chi connectivity index (χ1) is 13.7. The summed E-state index contributed by atoms with van der Waals surface area (Å²) < 4.78 is 0. The third-order valence-corrected chi connectivity index (χ3v) is 4.52. The van der Waals surface area contributed by atoms with Gasteiger partial charge in [-0.3, -0.25) is 9.78 Å². The van der Waals surface area contributed by atoms with Gasteiger partial charge in [-0.2, -0.15) is 0 Å². The highest BCUT2D eigenvalue weighted by Crippen LogP contribution is 2.22. The van der Waals surface area contributed by atoms with Gasteiger partial charge in [0.15, 0.2) is 0 Å². The molecule has 0 saturated carbocycles. The van der Waals surface area contributed by atoms with Gasteiger partial charge in [-0.05, 0) is 37.1 Å². The van der Waals surface area contributed by atoms with Crippen LogP contribution < -0.4 is 10.6 Å². The van der Waals surface area contributed by atoms with E-state index in [4.69, 9.17) is 0 Å². The number of aromatic amines is 1. The fourth-order valence-corrected chi connectivity index (χ4v) is 3.14. The van der Waals surface area contributed by atoms with E-state index in [1.54, 1.807) is 12.4 Å². The predicted octanol–water partition coefficient (Wildman–Crippen LogP) is 3.38. The van der Waals surface area contributed by atoms with Crippen molar-refractivity contribution in [3.63, 3.8) is 0 Å². The van der Waals surface area contributed by atoms with Crippen LogP contribution in [-0.4, -0.2) is 32.4 Å². The molecule has 3 N–H and O–H groups in total. The monoisotopic (exact) mass is 372 g/mol. The molecule has 0 aliphatic heterocycles. The Bertz CT molecular complexity index is 1090. The lowest BCUT2D eigenvalue weighted by Crippen LogP contribution is -2.26. The van der Waals surface area contributed by atoms with Crippen LogP contribution in [0.25, 0.3) is 10.9 Å². The number of hydrogen-bond acceptors (Lipinski definition) is 5. The number of carbonyl (C=O) groups is 1. The van der Waals surface area contributed by atoms with Gasteiger partial charge in [0.1, 0.15) is 0 Å². The summed E-state index contributed by atoms with van der Waals surface area (Å²) in [5, 5.41) is 7.17. The van der Waals surface area contributed by atoms with Crippen molar-refractivity contribution in [1.82, 2.24) is 25.3 Å².